The van der Waals surface area contributed by atoms with Crippen LogP contribution in [0.4, 0.5) is 0 Å². The van der Waals surface area contributed by atoms with Crippen molar-refractivity contribution in [1.82, 2.24) is 4.63 Å². The summed E-state index contributed by atoms with van der Waals surface area (Å²) < 4.78 is 21.1. The summed E-state index contributed by atoms with van der Waals surface area (Å²) in [4.78, 5) is -0.171. The van der Waals surface area contributed by atoms with Crippen molar-refractivity contribution in [3.63, 3.8) is 0 Å². The molecule has 0 aliphatic heterocycles. The van der Waals surface area contributed by atoms with Gasteiger partial charge in [-0.2, -0.15) is 0 Å². The average molecular weight is 189 g/mol. The van der Waals surface area contributed by atoms with Crippen LogP contribution in [0.3, 0.4) is 0 Å². The lowest BCUT2D eigenvalue weighted by Gasteiger charge is -2.06. The topological polar surface area (TPSA) is 77.8 Å². The van der Waals surface area contributed by atoms with E-state index in [2.05, 4.69) is 0 Å². The zero-order valence-corrected chi connectivity index (χ0v) is 6.77. The number of sulfonamides is 1. The molecule has 0 aliphatic carbocycles. The molecule has 5 nitrogen and oxygen atoms in total. The molecule has 0 radical (unpaired) electrons. The number of rotatable bonds is 2. The molecule has 0 heterocycles. The van der Waals surface area contributed by atoms with Crippen LogP contribution in [0.5, 0.6) is 0 Å². The highest BCUT2D eigenvalue weighted by Gasteiger charge is 2.19. The molecule has 1 rings (SSSR count). The van der Waals surface area contributed by atoms with Gasteiger partial charge in [0, 0.05) is 0 Å². The Morgan fingerprint density at radius 3 is 2.00 bits per heavy atom. The van der Waals surface area contributed by atoms with Crippen LogP contribution in [0.2, 0.25) is 0 Å². The SMILES string of the molecule is O=S(=O)(c1ccccc1)N(O)O. The Balaban J connectivity index is 3.17. The molecular weight excluding hydrogens is 182 g/mol. The predicted molar refractivity (Wildman–Crippen MR) is 39.0 cm³/mol. The Kier molecular flexibility index (Phi) is 2.43. The van der Waals surface area contributed by atoms with E-state index in [9.17, 15) is 8.42 Å². The summed E-state index contributed by atoms with van der Waals surface area (Å²) in [7, 11) is -4.13. The number of nitrogens with zero attached hydrogens (tertiary/aromatic N) is 1. The lowest BCUT2D eigenvalue weighted by atomic mass is 10.4. The monoisotopic (exact) mass is 189 g/mol. The predicted octanol–water partition coefficient (Wildman–Crippen LogP) is 0.456. The summed E-state index contributed by atoms with van der Waals surface area (Å²) in [5, 5.41) is 16.7. The Morgan fingerprint density at radius 2 is 1.58 bits per heavy atom. The van der Waals surface area contributed by atoms with Crippen molar-refractivity contribution >= 4 is 10.0 Å². The molecule has 1 aromatic carbocycles. The van der Waals surface area contributed by atoms with E-state index in [1.54, 1.807) is 6.07 Å². The highest BCUT2D eigenvalue weighted by atomic mass is 32.2. The van der Waals surface area contributed by atoms with Crippen molar-refractivity contribution in [2.75, 3.05) is 0 Å². The first-order valence-electron chi connectivity index (χ1n) is 3.03. The third-order valence-electron chi connectivity index (χ3n) is 1.26. The third-order valence-corrected chi connectivity index (χ3v) is 2.55. The van der Waals surface area contributed by atoms with E-state index in [0.29, 0.717) is 0 Å². The number of benzene rings is 1. The normalized spacial score (nSPS) is 11.9. The molecule has 6 heteroatoms. The van der Waals surface area contributed by atoms with Crippen LogP contribution in [0, 0.1) is 0 Å². The Bertz CT molecular complexity index is 345. The molecule has 0 aliphatic rings. The quantitative estimate of drug-likeness (QED) is 0.662. The Morgan fingerprint density at radius 1 is 1.08 bits per heavy atom. The molecular formula is C6H7NO4S. The molecule has 0 amide bonds. The fourth-order valence-electron chi connectivity index (χ4n) is 0.687. The van der Waals surface area contributed by atoms with Crippen LogP contribution in [-0.4, -0.2) is 23.5 Å². The van der Waals surface area contributed by atoms with Gasteiger partial charge in [-0.05, 0) is 12.1 Å². The molecule has 0 saturated heterocycles. The minimum atomic E-state index is -4.13. The van der Waals surface area contributed by atoms with Crippen molar-refractivity contribution in [2.24, 2.45) is 0 Å². The van der Waals surface area contributed by atoms with Gasteiger partial charge in [0.15, 0.2) is 0 Å². The van der Waals surface area contributed by atoms with Crippen LogP contribution in [-0.2, 0) is 10.0 Å². The largest absolute Gasteiger partial charge is 0.288 e. The van der Waals surface area contributed by atoms with Gasteiger partial charge in [-0.15, -0.1) is 0 Å². The van der Waals surface area contributed by atoms with Crippen LogP contribution < -0.4 is 0 Å². The first-order chi connectivity index (χ1) is 5.55. The van der Waals surface area contributed by atoms with E-state index in [4.69, 9.17) is 10.4 Å². The van der Waals surface area contributed by atoms with Gasteiger partial charge >= 0.3 is 0 Å². The van der Waals surface area contributed by atoms with Crippen LogP contribution in [0.1, 0.15) is 0 Å². The number of hydrogen-bond acceptors (Lipinski definition) is 4. The Labute approximate surface area is 69.4 Å². The molecule has 0 atom stereocenters. The molecule has 66 valence electrons. The fraction of sp³-hybridized carbons (Fsp3) is 0. The summed E-state index contributed by atoms with van der Waals surface area (Å²) in [5.41, 5.74) is 0. The van der Waals surface area contributed by atoms with Gasteiger partial charge in [0.2, 0.25) is 0 Å². The van der Waals surface area contributed by atoms with Crippen molar-refractivity contribution < 1.29 is 18.8 Å². The minimum absolute atomic E-state index is 0.171. The smallest absolute Gasteiger partial charge is 0.276 e. The van der Waals surface area contributed by atoms with Gasteiger partial charge in [0.05, 0.1) is 9.53 Å². The summed E-state index contributed by atoms with van der Waals surface area (Å²) in [5.74, 6) is 0. The Hall–Kier alpha value is -0.950. The van der Waals surface area contributed by atoms with E-state index in [0.717, 1.165) is 0 Å². The van der Waals surface area contributed by atoms with Crippen molar-refractivity contribution in [3.05, 3.63) is 30.3 Å². The van der Waals surface area contributed by atoms with E-state index < -0.39 is 14.7 Å². The van der Waals surface area contributed by atoms with Gasteiger partial charge in [0.1, 0.15) is 0 Å². The van der Waals surface area contributed by atoms with Crippen LogP contribution >= 0.6 is 0 Å². The molecule has 0 unspecified atom stereocenters. The first-order valence-corrected chi connectivity index (χ1v) is 4.47. The maximum atomic E-state index is 11.0. The molecule has 1 aromatic rings. The van der Waals surface area contributed by atoms with Gasteiger partial charge < -0.3 is 0 Å². The van der Waals surface area contributed by atoms with Crippen molar-refractivity contribution in [2.45, 2.75) is 4.90 Å². The van der Waals surface area contributed by atoms with Gasteiger partial charge in [-0.25, -0.2) is 8.42 Å². The second-order valence-electron chi connectivity index (χ2n) is 2.04. The van der Waals surface area contributed by atoms with Crippen molar-refractivity contribution in [1.29, 1.82) is 0 Å². The highest BCUT2D eigenvalue weighted by molar-refractivity contribution is 7.88. The van der Waals surface area contributed by atoms with E-state index in [1.165, 1.54) is 24.3 Å². The minimum Gasteiger partial charge on any atom is -0.276 e. The maximum absolute atomic E-state index is 11.0. The molecule has 0 fully saturated rings. The summed E-state index contributed by atoms with van der Waals surface area (Å²) in [6.07, 6.45) is 0. The number of hydrogen-bond donors (Lipinski definition) is 2. The second-order valence-corrected chi connectivity index (χ2v) is 3.79. The van der Waals surface area contributed by atoms with Crippen molar-refractivity contribution in [3.8, 4) is 0 Å². The highest BCUT2D eigenvalue weighted by Crippen LogP contribution is 2.10. The summed E-state index contributed by atoms with van der Waals surface area (Å²) in [6.45, 7) is 0. The van der Waals surface area contributed by atoms with Crippen LogP contribution in [0.25, 0.3) is 0 Å². The average Bonchev–Trinajstić information content (AvgIpc) is 2.06. The zero-order chi connectivity index (χ0) is 9.19. The summed E-state index contributed by atoms with van der Waals surface area (Å²) >= 11 is 0. The summed E-state index contributed by atoms with van der Waals surface area (Å²) in [6, 6.07) is 7.11. The standard InChI is InChI=1S/C6H7NO4S/c8-7(9)12(10,11)6-4-2-1-3-5-6/h1-5,8-9H. The molecule has 12 heavy (non-hydrogen) atoms. The van der Waals surface area contributed by atoms with Crippen LogP contribution in [0.15, 0.2) is 35.2 Å². The third kappa shape index (κ3) is 1.62. The van der Waals surface area contributed by atoms with Gasteiger partial charge in [0.25, 0.3) is 10.0 Å². The van der Waals surface area contributed by atoms with E-state index in [1.807, 2.05) is 0 Å². The zero-order valence-electron chi connectivity index (χ0n) is 5.95. The second kappa shape index (κ2) is 3.20. The molecule has 0 aromatic heterocycles. The van der Waals surface area contributed by atoms with E-state index >= 15 is 0 Å². The lowest BCUT2D eigenvalue weighted by molar-refractivity contribution is -0.226. The molecule has 0 bridgehead atoms. The first kappa shape index (κ1) is 9.14. The maximum Gasteiger partial charge on any atom is 0.288 e. The van der Waals surface area contributed by atoms with Gasteiger partial charge in [-0.3, -0.25) is 10.4 Å². The molecule has 2 N–H and O–H groups in total. The van der Waals surface area contributed by atoms with Gasteiger partial charge in [-0.1, -0.05) is 18.2 Å². The van der Waals surface area contributed by atoms with E-state index in [-0.39, 0.29) is 4.90 Å². The molecule has 0 saturated carbocycles. The molecule has 0 spiro atoms. The fourth-order valence-corrected chi connectivity index (χ4v) is 1.38. The lowest BCUT2D eigenvalue weighted by Crippen LogP contribution is -2.23.